The van der Waals surface area contributed by atoms with Crippen molar-refractivity contribution >= 4 is 15.9 Å². The van der Waals surface area contributed by atoms with Crippen molar-refractivity contribution in [1.82, 2.24) is 9.62 Å². The molecule has 0 aliphatic carbocycles. The summed E-state index contributed by atoms with van der Waals surface area (Å²) >= 11 is 0. The van der Waals surface area contributed by atoms with Crippen LogP contribution >= 0.6 is 0 Å². The van der Waals surface area contributed by atoms with Crippen LogP contribution in [0, 0.1) is 5.92 Å². The Hall–Kier alpha value is -0.880. The van der Waals surface area contributed by atoms with Gasteiger partial charge in [-0.2, -0.15) is 0 Å². The highest BCUT2D eigenvalue weighted by atomic mass is 32.2. The number of carbonyl (C=O) groups is 1. The summed E-state index contributed by atoms with van der Waals surface area (Å²) in [4.78, 5) is 14.0. The van der Waals surface area contributed by atoms with Crippen LogP contribution in [0.2, 0.25) is 0 Å². The molecule has 5 nitrogen and oxygen atoms in total. The van der Waals surface area contributed by atoms with E-state index in [1.165, 1.54) is 0 Å². The molecule has 1 unspecified atom stereocenters. The first kappa shape index (κ1) is 16.2. The molecular weight excluding hydrogens is 264 g/mol. The van der Waals surface area contributed by atoms with Crippen molar-refractivity contribution in [2.24, 2.45) is 5.92 Å². The second-order valence-electron chi connectivity index (χ2n) is 5.18. The third kappa shape index (κ3) is 5.74. The first-order valence-electron chi connectivity index (χ1n) is 6.74. The predicted molar refractivity (Wildman–Crippen MR) is 76.2 cm³/mol. The number of nitrogens with zero attached hydrogens (tertiary/aromatic N) is 1. The van der Waals surface area contributed by atoms with E-state index in [0.717, 1.165) is 37.6 Å². The number of piperidine rings is 1. The van der Waals surface area contributed by atoms with Crippen molar-refractivity contribution in [2.75, 3.05) is 25.9 Å². The van der Waals surface area contributed by atoms with E-state index >= 15 is 0 Å². The molecule has 1 fully saturated rings. The fourth-order valence-corrected chi connectivity index (χ4v) is 2.87. The molecule has 110 valence electrons. The third-order valence-corrected chi connectivity index (χ3v) is 3.98. The quantitative estimate of drug-likeness (QED) is 0.771. The molecule has 1 saturated heterocycles. The molecule has 1 amide bonds. The number of hydrogen-bond donors (Lipinski definition) is 1. The van der Waals surface area contributed by atoms with E-state index in [-0.39, 0.29) is 11.8 Å². The largest absolute Gasteiger partial charge is 0.339 e. The predicted octanol–water partition coefficient (Wildman–Crippen LogP) is 1.13. The van der Waals surface area contributed by atoms with Gasteiger partial charge in [0.15, 0.2) is 0 Å². The number of likely N-dealkylation sites (tertiary alicyclic amines) is 1. The molecule has 1 N–H and O–H groups in total. The molecule has 0 bridgehead atoms. The van der Waals surface area contributed by atoms with Gasteiger partial charge in [-0.3, -0.25) is 4.79 Å². The monoisotopic (exact) mass is 288 g/mol. The Morgan fingerprint density at radius 1 is 1.47 bits per heavy atom. The van der Waals surface area contributed by atoms with Crippen LogP contribution in [0.15, 0.2) is 11.6 Å². The van der Waals surface area contributed by atoms with Crippen LogP contribution in [0.1, 0.15) is 33.1 Å². The smallest absolute Gasteiger partial charge is 0.249 e. The van der Waals surface area contributed by atoms with Crippen LogP contribution in [0.4, 0.5) is 0 Å². The van der Waals surface area contributed by atoms with E-state index in [2.05, 4.69) is 4.72 Å². The van der Waals surface area contributed by atoms with E-state index in [1.807, 2.05) is 24.8 Å². The van der Waals surface area contributed by atoms with Crippen LogP contribution in [0.25, 0.3) is 0 Å². The Bertz CT molecular complexity index is 443. The molecule has 0 saturated carbocycles. The lowest BCUT2D eigenvalue weighted by Gasteiger charge is -2.33. The van der Waals surface area contributed by atoms with E-state index in [1.54, 1.807) is 0 Å². The number of carbonyl (C=O) groups excluding carboxylic acids is 1. The standard InChI is InChI=1S/C13H24N2O3S/c1-4-6-11(2)13(16)15-8-5-7-12(10-15)9-14-19(3,17)18/h6,12,14H,4-5,7-10H2,1-3H3/b11-6+. The molecule has 1 atom stereocenters. The summed E-state index contributed by atoms with van der Waals surface area (Å²) in [6.45, 7) is 5.66. The normalized spacial score (nSPS) is 21.5. The summed E-state index contributed by atoms with van der Waals surface area (Å²) in [5.41, 5.74) is 0.777. The van der Waals surface area contributed by atoms with Crippen molar-refractivity contribution in [2.45, 2.75) is 33.1 Å². The lowest BCUT2D eigenvalue weighted by Crippen LogP contribution is -2.43. The molecule has 1 rings (SSSR count). The first-order chi connectivity index (χ1) is 8.83. The molecule has 0 spiro atoms. The van der Waals surface area contributed by atoms with E-state index < -0.39 is 10.0 Å². The van der Waals surface area contributed by atoms with Gasteiger partial charge in [0.05, 0.1) is 6.26 Å². The van der Waals surface area contributed by atoms with Gasteiger partial charge in [0.25, 0.3) is 0 Å². The lowest BCUT2D eigenvalue weighted by atomic mass is 9.97. The maximum Gasteiger partial charge on any atom is 0.249 e. The van der Waals surface area contributed by atoms with Crippen molar-refractivity contribution in [1.29, 1.82) is 0 Å². The Labute approximate surface area is 116 Å². The summed E-state index contributed by atoms with van der Waals surface area (Å²) < 4.78 is 24.7. The van der Waals surface area contributed by atoms with Crippen LogP contribution in [0.5, 0.6) is 0 Å². The molecule has 0 aromatic carbocycles. The molecule has 19 heavy (non-hydrogen) atoms. The molecule has 1 aliphatic rings. The summed E-state index contributed by atoms with van der Waals surface area (Å²) in [6.07, 6.45) is 5.84. The van der Waals surface area contributed by atoms with Gasteiger partial charge in [0.2, 0.25) is 15.9 Å². The van der Waals surface area contributed by atoms with Gasteiger partial charge >= 0.3 is 0 Å². The Kier molecular flexibility index (Phi) is 6.00. The van der Waals surface area contributed by atoms with Gasteiger partial charge in [-0.05, 0) is 32.1 Å². The van der Waals surface area contributed by atoms with Crippen LogP contribution in [-0.4, -0.2) is 45.1 Å². The van der Waals surface area contributed by atoms with E-state index in [4.69, 9.17) is 0 Å². The number of amides is 1. The number of allylic oxidation sites excluding steroid dienone is 1. The lowest BCUT2D eigenvalue weighted by molar-refractivity contribution is -0.128. The summed E-state index contributed by atoms with van der Waals surface area (Å²) in [5, 5.41) is 0. The minimum atomic E-state index is -3.15. The van der Waals surface area contributed by atoms with Crippen molar-refractivity contribution in [3.05, 3.63) is 11.6 Å². The average molecular weight is 288 g/mol. The highest BCUT2D eigenvalue weighted by Gasteiger charge is 2.24. The fraction of sp³-hybridized carbons (Fsp3) is 0.769. The van der Waals surface area contributed by atoms with Gasteiger partial charge in [0, 0.05) is 25.2 Å². The third-order valence-electron chi connectivity index (χ3n) is 3.29. The van der Waals surface area contributed by atoms with Gasteiger partial charge in [-0.1, -0.05) is 13.0 Å². The van der Waals surface area contributed by atoms with Crippen LogP contribution in [0.3, 0.4) is 0 Å². The Morgan fingerprint density at radius 3 is 2.74 bits per heavy atom. The summed E-state index contributed by atoms with van der Waals surface area (Å²) in [7, 11) is -3.15. The van der Waals surface area contributed by atoms with Gasteiger partial charge < -0.3 is 4.90 Å². The molecular formula is C13H24N2O3S. The van der Waals surface area contributed by atoms with Crippen LogP contribution < -0.4 is 4.72 Å². The zero-order valence-corrected chi connectivity index (χ0v) is 12.8. The van der Waals surface area contributed by atoms with Crippen LogP contribution in [-0.2, 0) is 14.8 Å². The summed E-state index contributed by atoms with van der Waals surface area (Å²) in [6, 6.07) is 0. The fourth-order valence-electron chi connectivity index (χ4n) is 2.33. The zero-order valence-electron chi connectivity index (χ0n) is 12.0. The van der Waals surface area contributed by atoms with Gasteiger partial charge in [-0.15, -0.1) is 0 Å². The SMILES string of the molecule is CC/C=C(\C)C(=O)N1CCCC(CNS(C)(=O)=O)C1. The van der Waals surface area contributed by atoms with E-state index in [9.17, 15) is 13.2 Å². The number of hydrogen-bond acceptors (Lipinski definition) is 3. The Balaban J connectivity index is 2.55. The first-order valence-corrected chi connectivity index (χ1v) is 8.63. The molecule has 1 heterocycles. The minimum absolute atomic E-state index is 0.0749. The average Bonchev–Trinajstić information content (AvgIpc) is 2.35. The molecule has 0 aromatic heterocycles. The highest BCUT2D eigenvalue weighted by Crippen LogP contribution is 2.18. The molecule has 6 heteroatoms. The van der Waals surface area contributed by atoms with Crippen molar-refractivity contribution in [3.8, 4) is 0 Å². The number of sulfonamides is 1. The van der Waals surface area contributed by atoms with Gasteiger partial charge in [0.1, 0.15) is 0 Å². The second-order valence-corrected chi connectivity index (χ2v) is 7.01. The highest BCUT2D eigenvalue weighted by molar-refractivity contribution is 7.88. The zero-order chi connectivity index (χ0) is 14.5. The van der Waals surface area contributed by atoms with E-state index in [0.29, 0.717) is 13.1 Å². The topological polar surface area (TPSA) is 66.5 Å². The molecule has 1 aliphatic heterocycles. The molecule has 0 aromatic rings. The van der Waals surface area contributed by atoms with Crippen molar-refractivity contribution in [3.63, 3.8) is 0 Å². The van der Waals surface area contributed by atoms with Crippen molar-refractivity contribution < 1.29 is 13.2 Å². The summed E-state index contributed by atoms with van der Waals surface area (Å²) in [5.74, 6) is 0.285. The Morgan fingerprint density at radius 2 is 2.16 bits per heavy atom. The van der Waals surface area contributed by atoms with Gasteiger partial charge in [-0.25, -0.2) is 13.1 Å². The second kappa shape index (κ2) is 7.05. The maximum atomic E-state index is 12.2. The minimum Gasteiger partial charge on any atom is -0.339 e. The number of rotatable bonds is 5. The maximum absolute atomic E-state index is 12.2. The number of nitrogens with one attached hydrogen (secondary N) is 1. The molecule has 0 radical (unpaired) electrons.